The monoisotopic (exact) mass is 385 g/mol. The molecule has 0 heterocycles. The minimum atomic E-state index is -0.0400. The molecule has 21 heavy (non-hydrogen) atoms. The summed E-state index contributed by atoms with van der Waals surface area (Å²) >= 11 is 15.3. The lowest BCUT2D eigenvalue weighted by molar-refractivity contribution is 0.0785. The Morgan fingerprint density at radius 1 is 1.14 bits per heavy atom. The summed E-state index contributed by atoms with van der Waals surface area (Å²) < 4.78 is 0.927. The molecule has 0 N–H and O–H groups in total. The fourth-order valence-electron chi connectivity index (χ4n) is 1.93. The van der Waals surface area contributed by atoms with E-state index in [9.17, 15) is 4.79 Å². The standard InChI is InChI=1S/C16H14BrCl2NO/c1-10-3-5-12(8-13(10)17)16(21)20(2)9-11-4-6-14(18)15(19)7-11/h3-8H,9H2,1-2H3. The van der Waals surface area contributed by atoms with Crippen LogP contribution in [0.4, 0.5) is 0 Å². The zero-order valence-electron chi connectivity index (χ0n) is 11.7. The first kappa shape index (κ1) is 16.3. The summed E-state index contributed by atoms with van der Waals surface area (Å²) in [4.78, 5) is 14.1. The average molecular weight is 387 g/mol. The van der Waals surface area contributed by atoms with Gasteiger partial charge in [-0.2, -0.15) is 0 Å². The molecule has 0 saturated heterocycles. The number of carbonyl (C=O) groups excluding carboxylic acids is 1. The van der Waals surface area contributed by atoms with Gasteiger partial charge in [0.1, 0.15) is 0 Å². The number of hydrogen-bond donors (Lipinski definition) is 0. The molecular weight excluding hydrogens is 373 g/mol. The molecule has 2 rings (SSSR count). The third-order valence-corrected chi connectivity index (χ3v) is 4.76. The molecule has 0 bridgehead atoms. The summed E-state index contributed by atoms with van der Waals surface area (Å²) in [6.45, 7) is 2.46. The predicted octanol–water partition coefficient (Wildman–Crippen LogP) is 5.34. The van der Waals surface area contributed by atoms with Gasteiger partial charge in [0.25, 0.3) is 5.91 Å². The van der Waals surface area contributed by atoms with Gasteiger partial charge in [-0.25, -0.2) is 0 Å². The lowest BCUT2D eigenvalue weighted by atomic mass is 10.1. The Hall–Kier alpha value is -1.03. The van der Waals surface area contributed by atoms with E-state index in [0.717, 1.165) is 15.6 Å². The molecule has 0 aliphatic carbocycles. The molecule has 0 unspecified atom stereocenters. The summed E-state index contributed by atoms with van der Waals surface area (Å²) in [7, 11) is 1.76. The van der Waals surface area contributed by atoms with E-state index in [4.69, 9.17) is 23.2 Å². The molecule has 0 fully saturated rings. The smallest absolute Gasteiger partial charge is 0.253 e. The molecule has 110 valence electrons. The largest absolute Gasteiger partial charge is 0.337 e. The van der Waals surface area contributed by atoms with Gasteiger partial charge in [0, 0.05) is 23.6 Å². The molecule has 0 aromatic heterocycles. The molecule has 2 nitrogen and oxygen atoms in total. The molecule has 2 aromatic rings. The Bertz CT molecular complexity index is 688. The van der Waals surface area contributed by atoms with E-state index in [0.29, 0.717) is 22.2 Å². The number of nitrogens with zero attached hydrogens (tertiary/aromatic N) is 1. The fraction of sp³-hybridized carbons (Fsp3) is 0.188. The van der Waals surface area contributed by atoms with Crippen molar-refractivity contribution >= 4 is 45.0 Å². The van der Waals surface area contributed by atoms with E-state index in [-0.39, 0.29) is 5.91 Å². The van der Waals surface area contributed by atoms with Crippen LogP contribution < -0.4 is 0 Å². The van der Waals surface area contributed by atoms with Crippen LogP contribution in [0, 0.1) is 6.92 Å². The third kappa shape index (κ3) is 4.00. The second-order valence-corrected chi connectivity index (χ2v) is 6.54. The maximum atomic E-state index is 12.4. The van der Waals surface area contributed by atoms with Crippen molar-refractivity contribution in [3.8, 4) is 0 Å². The van der Waals surface area contributed by atoms with Crippen molar-refractivity contribution in [1.82, 2.24) is 4.90 Å². The molecular formula is C16H14BrCl2NO. The highest BCUT2D eigenvalue weighted by atomic mass is 79.9. The summed E-state index contributed by atoms with van der Waals surface area (Å²) in [5, 5.41) is 1.00. The average Bonchev–Trinajstić information content (AvgIpc) is 2.45. The number of benzene rings is 2. The lowest BCUT2D eigenvalue weighted by Gasteiger charge is -2.18. The van der Waals surface area contributed by atoms with E-state index in [1.165, 1.54) is 0 Å². The van der Waals surface area contributed by atoms with Gasteiger partial charge in [0.05, 0.1) is 10.0 Å². The highest BCUT2D eigenvalue weighted by Gasteiger charge is 2.13. The van der Waals surface area contributed by atoms with Crippen LogP contribution in [0.3, 0.4) is 0 Å². The van der Waals surface area contributed by atoms with Crippen LogP contribution in [0.1, 0.15) is 21.5 Å². The van der Waals surface area contributed by atoms with Gasteiger partial charge < -0.3 is 4.90 Å². The van der Waals surface area contributed by atoms with E-state index in [1.807, 2.05) is 31.2 Å². The van der Waals surface area contributed by atoms with Crippen LogP contribution >= 0.6 is 39.1 Å². The number of amides is 1. The van der Waals surface area contributed by atoms with E-state index < -0.39 is 0 Å². The van der Waals surface area contributed by atoms with Gasteiger partial charge in [0.15, 0.2) is 0 Å². The van der Waals surface area contributed by atoms with Gasteiger partial charge in [-0.3, -0.25) is 4.79 Å². The number of hydrogen-bond acceptors (Lipinski definition) is 1. The van der Waals surface area contributed by atoms with Gasteiger partial charge in [-0.05, 0) is 42.3 Å². The third-order valence-electron chi connectivity index (χ3n) is 3.17. The van der Waals surface area contributed by atoms with Crippen molar-refractivity contribution in [1.29, 1.82) is 0 Å². The normalized spacial score (nSPS) is 10.5. The van der Waals surface area contributed by atoms with Crippen molar-refractivity contribution < 1.29 is 4.79 Å². The Morgan fingerprint density at radius 3 is 2.48 bits per heavy atom. The molecule has 5 heteroatoms. The minimum Gasteiger partial charge on any atom is -0.337 e. The highest BCUT2D eigenvalue weighted by molar-refractivity contribution is 9.10. The van der Waals surface area contributed by atoms with E-state index in [2.05, 4.69) is 15.9 Å². The minimum absolute atomic E-state index is 0.0400. The second kappa shape index (κ2) is 6.82. The molecule has 0 aliphatic rings. The second-order valence-electron chi connectivity index (χ2n) is 4.87. The Balaban J connectivity index is 2.15. The molecule has 1 amide bonds. The number of aryl methyl sites for hydroxylation is 1. The van der Waals surface area contributed by atoms with Crippen LogP contribution in [0.15, 0.2) is 40.9 Å². The molecule has 0 saturated carbocycles. The maximum absolute atomic E-state index is 12.4. The SMILES string of the molecule is Cc1ccc(C(=O)N(C)Cc2ccc(Cl)c(Cl)c2)cc1Br. The Kier molecular flexibility index (Phi) is 5.31. The Morgan fingerprint density at radius 2 is 1.86 bits per heavy atom. The first-order valence-corrected chi connectivity index (χ1v) is 7.89. The van der Waals surface area contributed by atoms with Gasteiger partial charge >= 0.3 is 0 Å². The van der Waals surface area contributed by atoms with Crippen LogP contribution in [-0.4, -0.2) is 17.9 Å². The molecule has 0 atom stereocenters. The van der Waals surface area contributed by atoms with E-state index in [1.54, 1.807) is 24.1 Å². The fourth-order valence-corrected chi connectivity index (χ4v) is 2.63. The van der Waals surface area contributed by atoms with Crippen molar-refractivity contribution in [2.75, 3.05) is 7.05 Å². The van der Waals surface area contributed by atoms with Crippen molar-refractivity contribution in [2.24, 2.45) is 0 Å². The molecule has 2 aromatic carbocycles. The number of carbonyl (C=O) groups is 1. The van der Waals surface area contributed by atoms with Crippen molar-refractivity contribution in [3.63, 3.8) is 0 Å². The first-order valence-electron chi connectivity index (χ1n) is 6.34. The van der Waals surface area contributed by atoms with Crippen molar-refractivity contribution in [2.45, 2.75) is 13.5 Å². The van der Waals surface area contributed by atoms with Crippen LogP contribution in [-0.2, 0) is 6.54 Å². The van der Waals surface area contributed by atoms with Crippen LogP contribution in [0.2, 0.25) is 10.0 Å². The first-order chi connectivity index (χ1) is 9.88. The van der Waals surface area contributed by atoms with Gasteiger partial charge in [-0.1, -0.05) is 51.3 Å². The van der Waals surface area contributed by atoms with Gasteiger partial charge in [0.2, 0.25) is 0 Å². The number of rotatable bonds is 3. The number of halogens is 3. The predicted molar refractivity (Wildman–Crippen MR) is 91.1 cm³/mol. The summed E-state index contributed by atoms with van der Waals surface area (Å²) in [6.07, 6.45) is 0. The van der Waals surface area contributed by atoms with Gasteiger partial charge in [-0.15, -0.1) is 0 Å². The van der Waals surface area contributed by atoms with Crippen LogP contribution in [0.25, 0.3) is 0 Å². The Labute approximate surface area is 142 Å². The van der Waals surface area contributed by atoms with E-state index >= 15 is 0 Å². The summed E-state index contributed by atoms with van der Waals surface area (Å²) in [5.74, 6) is -0.0400. The zero-order valence-corrected chi connectivity index (χ0v) is 14.8. The summed E-state index contributed by atoms with van der Waals surface area (Å²) in [5.41, 5.74) is 2.68. The van der Waals surface area contributed by atoms with Crippen molar-refractivity contribution in [3.05, 3.63) is 67.6 Å². The molecule has 0 radical (unpaired) electrons. The topological polar surface area (TPSA) is 20.3 Å². The molecule has 0 spiro atoms. The van der Waals surface area contributed by atoms with Crippen LogP contribution in [0.5, 0.6) is 0 Å². The quantitative estimate of drug-likeness (QED) is 0.697. The molecule has 0 aliphatic heterocycles. The summed E-state index contributed by atoms with van der Waals surface area (Å²) in [6, 6.07) is 11.0. The zero-order chi connectivity index (χ0) is 15.6. The highest BCUT2D eigenvalue weighted by Crippen LogP contribution is 2.24. The lowest BCUT2D eigenvalue weighted by Crippen LogP contribution is -2.26. The maximum Gasteiger partial charge on any atom is 0.253 e.